The van der Waals surface area contributed by atoms with Crippen molar-refractivity contribution in [2.24, 2.45) is 0 Å². The van der Waals surface area contributed by atoms with Crippen molar-refractivity contribution >= 4 is 33.5 Å². The third kappa shape index (κ3) is 4.23. The van der Waals surface area contributed by atoms with Gasteiger partial charge in [0, 0.05) is 12.2 Å². The third-order valence-corrected chi connectivity index (χ3v) is 8.21. The molecule has 206 valence electrons. The van der Waals surface area contributed by atoms with Crippen LogP contribution in [0.15, 0.2) is 147 Å². The molecule has 7 rings (SSSR count). The number of ether oxygens (including phenoxy) is 2. The molecule has 0 aromatic heterocycles. The smallest absolute Gasteiger partial charge is 0.335 e. The monoisotopic (exact) mass is 558 g/mol. The highest BCUT2D eigenvalue weighted by atomic mass is 16.5. The first-order chi connectivity index (χ1) is 21.0. The summed E-state index contributed by atoms with van der Waals surface area (Å²) in [5.41, 5.74) is 5.89. The Hall–Kier alpha value is -5.74. The first-order valence-electron chi connectivity index (χ1n) is 14.0. The second kappa shape index (κ2) is 10.3. The van der Waals surface area contributed by atoms with Crippen molar-refractivity contribution in [3.8, 4) is 22.6 Å². The summed E-state index contributed by atoms with van der Waals surface area (Å²) in [5, 5.41) is 4.59. The fraction of sp³-hybridized carbons (Fsp3) is 0.0256. The zero-order valence-corrected chi connectivity index (χ0v) is 23.2. The SMILES string of the molecule is C=CC(=O)Oc1ccc(C2(c3ccc(OC(=O)C=C)cc3)c3cc4ccccc4cc3-c3cc4ccccc4cc32)cc1. The van der Waals surface area contributed by atoms with E-state index in [-0.39, 0.29) is 0 Å². The fourth-order valence-electron chi connectivity index (χ4n) is 6.34. The molecule has 0 N–H and O–H groups in total. The Bertz CT molecular complexity index is 1930. The predicted octanol–water partition coefficient (Wildman–Crippen LogP) is 8.54. The molecule has 6 aromatic carbocycles. The standard InChI is InChI=1S/C39H26O4/c1-3-37(40)42-31-17-13-29(14-18-31)39(30-15-19-32(20-16-30)43-38(41)4-2)35-23-27-11-7-5-9-25(27)21-33(35)34-22-26-10-6-8-12-28(26)24-36(34)39/h3-24H,1-2H2. The maximum atomic E-state index is 11.9. The van der Waals surface area contributed by atoms with Crippen molar-refractivity contribution in [2.45, 2.75) is 5.41 Å². The van der Waals surface area contributed by atoms with E-state index < -0.39 is 17.4 Å². The second-order valence-corrected chi connectivity index (χ2v) is 10.5. The molecule has 0 amide bonds. The van der Waals surface area contributed by atoms with E-state index >= 15 is 0 Å². The molecule has 0 saturated carbocycles. The van der Waals surface area contributed by atoms with E-state index in [1.165, 1.54) is 0 Å². The van der Waals surface area contributed by atoms with Crippen molar-refractivity contribution in [2.75, 3.05) is 0 Å². The minimum Gasteiger partial charge on any atom is -0.423 e. The number of rotatable bonds is 6. The lowest BCUT2D eigenvalue weighted by atomic mass is 9.67. The highest BCUT2D eigenvalue weighted by Crippen LogP contribution is 2.58. The Balaban J connectivity index is 1.55. The average Bonchev–Trinajstić information content (AvgIpc) is 3.32. The predicted molar refractivity (Wildman–Crippen MR) is 170 cm³/mol. The molecular formula is C39H26O4. The summed E-state index contributed by atoms with van der Waals surface area (Å²) in [7, 11) is 0. The summed E-state index contributed by atoms with van der Waals surface area (Å²) in [4.78, 5) is 23.9. The van der Waals surface area contributed by atoms with Gasteiger partial charge < -0.3 is 9.47 Å². The Morgan fingerprint density at radius 2 is 0.860 bits per heavy atom. The van der Waals surface area contributed by atoms with Crippen molar-refractivity contribution in [1.29, 1.82) is 0 Å². The molecule has 4 nitrogen and oxygen atoms in total. The molecule has 0 unspecified atom stereocenters. The van der Waals surface area contributed by atoms with E-state index in [2.05, 4.69) is 86.0 Å². The van der Waals surface area contributed by atoms with Crippen molar-refractivity contribution < 1.29 is 19.1 Å². The Morgan fingerprint density at radius 1 is 0.512 bits per heavy atom. The maximum absolute atomic E-state index is 11.9. The lowest BCUT2D eigenvalue weighted by Crippen LogP contribution is -2.28. The first-order valence-corrected chi connectivity index (χ1v) is 14.0. The molecule has 43 heavy (non-hydrogen) atoms. The van der Waals surface area contributed by atoms with Crippen LogP contribution < -0.4 is 9.47 Å². The lowest BCUT2D eigenvalue weighted by Gasteiger charge is -2.34. The molecule has 0 fully saturated rings. The van der Waals surface area contributed by atoms with Gasteiger partial charge in [0.15, 0.2) is 0 Å². The first kappa shape index (κ1) is 26.2. The van der Waals surface area contributed by atoms with Crippen LogP contribution in [0, 0.1) is 0 Å². The zero-order valence-electron chi connectivity index (χ0n) is 23.2. The van der Waals surface area contributed by atoms with Gasteiger partial charge in [-0.1, -0.05) is 86.0 Å². The van der Waals surface area contributed by atoms with E-state index in [0.717, 1.165) is 67.1 Å². The minimum absolute atomic E-state index is 0.436. The van der Waals surface area contributed by atoms with Gasteiger partial charge in [0.25, 0.3) is 0 Å². The summed E-state index contributed by atoms with van der Waals surface area (Å²) in [6.45, 7) is 7.01. The van der Waals surface area contributed by atoms with E-state index in [1.54, 1.807) is 0 Å². The summed E-state index contributed by atoms with van der Waals surface area (Å²) < 4.78 is 10.8. The maximum Gasteiger partial charge on any atom is 0.335 e. The van der Waals surface area contributed by atoms with Crippen LogP contribution >= 0.6 is 0 Å². The molecule has 4 heteroatoms. The number of fused-ring (bicyclic) bond motifs is 5. The highest BCUT2D eigenvalue weighted by Gasteiger charge is 2.46. The van der Waals surface area contributed by atoms with E-state index in [4.69, 9.17) is 9.47 Å². The van der Waals surface area contributed by atoms with Crippen LogP contribution in [0.3, 0.4) is 0 Å². The number of hydrogen-bond donors (Lipinski definition) is 0. The fourth-order valence-corrected chi connectivity index (χ4v) is 6.34. The molecule has 0 radical (unpaired) electrons. The summed E-state index contributed by atoms with van der Waals surface area (Å²) in [6.07, 6.45) is 2.30. The normalized spacial score (nSPS) is 12.7. The quantitative estimate of drug-likeness (QED) is 0.117. The molecule has 0 heterocycles. The highest BCUT2D eigenvalue weighted by molar-refractivity contribution is 6.00. The van der Waals surface area contributed by atoms with E-state index in [0.29, 0.717) is 11.5 Å². The van der Waals surface area contributed by atoms with Crippen LogP contribution in [-0.2, 0) is 15.0 Å². The van der Waals surface area contributed by atoms with Gasteiger partial charge in [0.1, 0.15) is 11.5 Å². The Kier molecular flexibility index (Phi) is 6.25. The van der Waals surface area contributed by atoms with Crippen molar-refractivity contribution in [3.05, 3.63) is 169 Å². The molecule has 6 aromatic rings. The van der Waals surface area contributed by atoms with Gasteiger partial charge in [-0.25, -0.2) is 9.59 Å². The van der Waals surface area contributed by atoms with Gasteiger partial charge in [0.2, 0.25) is 0 Å². The molecule has 0 bridgehead atoms. The van der Waals surface area contributed by atoms with Gasteiger partial charge in [-0.15, -0.1) is 0 Å². The molecule has 0 spiro atoms. The van der Waals surface area contributed by atoms with Crippen LogP contribution in [-0.4, -0.2) is 11.9 Å². The zero-order chi connectivity index (χ0) is 29.6. The second-order valence-electron chi connectivity index (χ2n) is 10.5. The van der Waals surface area contributed by atoms with E-state index in [9.17, 15) is 9.59 Å². The van der Waals surface area contributed by atoms with Gasteiger partial charge in [-0.2, -0.15) is 0 Å². The van der Waals surface area contributed by atoms with Crippen LogP contribution in [0.5, 0.6) is 11.5 Å². The molecule has 1 aliphatic rings. The lowest BCUT2D eigenvalue weighted by molar-refractivity contribution is -0.129. The van der Waals surface area contributed by atoms with Gasteiger partial charge in [0.05, 0.1) is 5.41 Å². The van der Waals surface area contributed by atoms with Crippen LogP contribution in [0.4, 0.5) is 0 Å². The number of carbonyl (C=O) groups excluding carboxylic acids is 2. The average molecular weight is 559 g/mol. The van der Waals surface area contributed by atoms with Crippen LogP contribution in [0.1, 0.15) is 22.3 Å². The van der Waals surface area contributed by atoms with Crippen LogP contribution in [0.25, 0.3) is 32.7 Å². The number of hydrogen-bond acceptors (Lipinski definition) is 4. The Labute approximate surface area is 249 Å². The number of carbonyl (C=O) groups is 2. The molecule has 0 aliphatic heterocycles. The van der Waals surface area contributed by atoms with Crippen LogP contribution in [0.2, 0.25) is 0 Å². The largest absolute Gasteiger partial charge is 0.423 e. The third-order valence-electron chi connectivity index (χ3n) is 8.21. The van der Waals surface area contributed by atoms with Gasteiger partial charge >= 0.3 is 11.9 Å². The van der Waals surface area contributed by atoms with Gasteiger partial charge in [-0.05, 0) is 103 Å². The van der Waals surface area contributed by atoms with E-state index in [1.807, 2.05) is 48.5 Å². The minimum atomic E-state index is -0.722. The van der Waals surface area contributed by atoms with Crippen molar-refractivity contribution in [1.82, 2.24) is 0 Å². The van der Waals surface area contributed by atoms with Crippen molar-refractivity contribution in [3.63, 3.8) is 0 Å². The number of benzene rings is 6. The van der Waals surface area contributed by atoms with Gasteiger partial charge in [-0.3, -0.25) is 0 Å². The molecule has 0 saturated heterocycles. The molecule has 1 aliphatic carbocycles. The summed E-state index contributed by atoms with van der Waals surface area (Å²) in [6, 6.07) is 41.2. The molecule has 0 atom stereocenters. The summed E-state index contributed by atoms with van der Waals surface area (Å²) in [5.74, 6) is -0.153. The number of esters is 2. The Morgan fingerprint density at radius 3 is 1.21 bits per heavy atom. The topological polar surface area (TPSA) is 52.6 Å². The summed E-state index contributed by atoms with van der Waals surface area (Å²) >= 11 is 0. The molecular weight excluding hydrogens is 532 g/mol.